The van der Waals surface area contributed by atoms with Gasteiger partial charge in [-0.1, -0.05) is 12.1 Å². The van der Waals surface area contributed by atoms with E-state index in [9.17, 15) is 28.4 Å². The molecule has 1 saturated carbocycles. The van der Waals surface area contributed by atoms with Crippen LogP contribution < -0.4 is 10.6 Å². The summed E-state index contributed by atoms with van der Waals surface area (Å²) in [5.74, 6) is -4.03. The van der Waals surface area contributed by atoms with Gasteiger partial charge in [-0.15, -0.1) is 0 Å². The Hall–Kier alpha value is -4.42. The fourth-order valence-electron chi connectivity index (χ4n) is 5.77. The lowest BCUT2D eigenvalue weighted by atomic mass is 9.68. The lowest BCUT2D eigenvalue weighted by Crippen LogP contribution is -2.65. The van der Waals surface area contributed by atoms with Gasteiger partial charge >= 0.3 is 11.8 Å². The molecule has 0 radical (unpaired) electrons. The van der Waals surface area contributed by atoms with E-state index in [0.717, 1.165) is 4.90 Å². The van der Waals surface area contributed by atoms with Gasteiger partial charge in [0, 0.05) is 45.0 Å². The number of aryl methyl sites for hydroxylation is 1. The molecule has 3 aliphatic heterocycles. The molecule has 13 heteroatoms. The number of H-pyrrole nitrogens is 1. The zero-order valence-corrected chi connectivity index (χ0v) is 22.4. The van der Waals surface area contributed by atoms with Crippen LogP contribution >= 0.6 is 0 Å². The quantitative estimate of drug-likeness (QED) is 0.354. The first-order valence-electron chi connectivity index (χ1n) is 13.0. The van der Waals surface area contributed by atoms with Gasteiger partial charge < -0.3 is 20.5 Å². The summed E-state index contributed by atoms with van der Waals surface area (Å²) in [6.07, 6.45) is 4.86. The van der Waals surface area contributed by atoms with Crippen LogP contribution in [-0.4, -0.2) is 87.2 Å². The SMILES string of the molecule is Cc1cc(CNC(=O)C2N=C3N(CC4(c5ncc[nH]5)CCC3(NC(=O)C(=O)N(C)C)CC4)C(=O)C2=O)ccc1F. The molecule has 1 aromatic carbocycles. The Morgan fingerprint density at radius 3 is 2.52 bits per heavy atom. The molecule has 2 saturated heterocycles. The lowest BCUT2D eigenvalue weighted by Gasteiger charge is -2.42. The van der Waals surface area contributed by atoms with Crippen molar-refractivity contribution in [1.82, 2.24) is 30.4 Å². The molecule has 2 bridgehead atoms. The van der Waals surface area contributed by atoms with Crippen molar-refractivity contribution in [2.45, 2.75) is 56.1 Å². The van der Waals surface area contributed by atoms with Crippen LogP contribution in [0.4, 0.5) is 4.39 Å². The van der Waals surface area contributed by atoms with E-state index < -0.39 is 46.4 Å². The van der Waals surface area contributed by atoms with Crippen LogP contribution in [-0.2, 0) is 35.9 Å². The number of hydrogen-bond acceptors (Lipinski definition) is 7. The molecule has 3 N–H and O–H groups in total. The Morgan fingerprint density at radius 2 is 1.90 bits per heavy atom. The van der Waals surface area contributed by atoms with Crippen molar-refractivity contribution < 1.29 is 28.4 Å². The van der Waals surface area contributed by atoms with Crippen LogP contribution in [0.5, 0.6) is 0 Å². The van der Waals surface area contributed by atoms with Crippen LogP contribution in [0.25, 0.3) is 0 Å². The van der Waals surface area contributed by atoms with E-state index >= 15 is 0 Å². The highest BCUT2D eigenvalue weighted by Gasteiger charge is 2.59. The normalized spacial score (nSPS) is 25.6. The number of hydrogen-bond donors (Lipinski definition) is 3. The van der Waals surface area contributed by atoms with Crippen LogP contribution in [0.2, 0.25) is 0 Å². The fourth-order valence-corrected chi connectivity index (χ4v) is 5.77. The summed E-state index contributed by atoms with van der Waals surface area (Å²) >= 11 is 0. The number of likely N-dealkylation sites (N-methyl/N-ethyl adjacent to an activating group) is 1. The van der Waals surface area contributed by atoms with E-state index in [1.165, 1.54) is 31.1 Å². The van der Waals surface area contributed by atoms with Crippen molar-refractivity contribution in [3.05, 3.63) is 53.4 Å². The standard InChI is InChI=1S/C27H30FN7O5/c1-15-12-16(4-5-17(15)28)13-31-20(37)18-19(36)22(39)35-14-26(24-29-10-11-30-24)6-8-27(9-7-26,25(35)32-18)33-21(38)23(40)34(2)3/h4-5,10-12,18H,6-9,13-14H2,1-3H3,(H,29,30)(H,31,37)(H,33,38). The summed E-state index contributed by atoms with van der Waals surface area (Å²) in [5, 5.41) is 5.42. The van der Waals surface area contributed by atoms with Crippen LogP contribution in [0.3, 0.4) is 0 Å². The fraction of sp³-hybridized carbons (Fsp3) is 0.444. The Balaban J connectivity index is 1.50. The van der Waals surface area contributed by atoms with Gasteiger partial charge in [-0.2, -0.15) is 0 Å². The van der Waals surface area contributed by atoms with Crippen molar-refractivity contribution in [2.75, 3.05) is 20.6 Å². The maximum absolute atomic E-state index is 13.6. The number of nitrogens with one attached hydrogen (secondary N) is 3. The van der Waals surface area contributed by atoms with E-state index in [1.54, 1.807) is 25.4 Å². The monoisotopic (exact) mass is 551 g/mol. The second-order valence-electron chi connectivity index (χ2n) is 10.9. The molecule has 3 fully saturated rings. The van der Waals surface area contributed by atoms with Crippen LogP contribution in [0.1, 0.15) is 42.6 Å². The summed E-state index contributed by atoms with van der Waals surface area (Å²) in [6, 6.07) is 2.69. The maximum atomic E-state index is 13.6. The van der Waals surface area contributed by atoms with E-state index in [4.69, 9.17) is 0 Å². The van der Waals surface area contributed by atoms with Gasteiger partial charge in [0.15, 0.2) is 6.04 Å². The lowest BCUT2D eigenvalue weighted by molar-refractivity contribution is -0.146. The number of halogens is 1. The van der Waals surface area contributed by atoms with Gasteiger partial charge in [-0.05, 0) is 49.8 Å². The number of amides is 4. The highest BCUT2D eigenvalue weighted by Crippen LogP contribution is 2.48. The molecule has 1 aliphatic carbocycles. The summed E-state index contributed by atoms with van der Waals surface area (Å²) in [4.78, 5) is 79.7. The number of ketones is 1. The first-order valence-corrected chi connectivity index (χ1v) is 13.0. The number of fused-ring (bicyclic) bond motifs is 2. The Kier molecular flexibility index (Phi) is 6.76. The molecule has 1 aromatic heterocycles. The third kappa shape index (κ3) is 4.54. The smallest absolute Gasteiger partial charge is 0.311 e. The minimum atomic E-state index is -1.67. The number of nitrogens with zero attached hydrogens (tertiary/aromatic N) is 4. The Bertz CT molecular complexity index is 1430. The summed E-state index contributed by atoms with van der Waals surface area (Å²) in [7, 11) is 2.90. The zero-order chi connectivity index (χ0) is 28.8. The van der Waals surface area contributed by atoms with Gasteiger partial charge in [-0.3, -0.25) is 28.9 Å². The second kappa shape index (κ2) is 9.96. The molecule has 40 heavy (non-hydrogen) atoms. The van der Waals surface area contributed by atoms with E-state index in [-0.39, 0.29) is 24.7 Å². The Labute approximate surface area is 229 Å². The Morgan fingerprint density at radius 1 is 1.18 bits per heavy atom. The second-order valence-corrected chi connectivity index (χ2v) is 10.9. The molecule has 4 heterocycles. The number of aromatic amines is 1. The number of carbonyl (C=O) groups is 5. The minimum absolute atomic E-state index is 0.00664. The van der Waals surface area contributed by atoms with E-state index in [1.807, 2.05) is 0 Å². The van der Waals surface area contributed by atoms with Crippen molar-refractivity contribution in [3.8, 4) is 0 Å². The molecule has 0 spiro atoms. The molecular formula is C27H30FN7O5. The number of carbonyl (C=O) groups excluding carboxylic acids is 5. The van der Waals surface area contributed by atoms with Gasteiger partial charge in [0.25, 0.3) is 17.6 Å². The maximum Gasteiger partial charge on any atom is 0.311 e. The third-order valence-electron chi connectivity index (χ3n) is 8.05. The molecule has 1 unspecified atom stereocenters. The predicted molar refractivity (Wildman–Crippen MR) is 139 cm³/mol. The first-order chi connectivity index (χ1) is 19.0. The average molecular weight is 552 g/mol. The highest BCUT2D eigenvalue weighted by molar-refractivity contribution is 6.46. The minimum Gasteiger partial charge on any atom is -0.350 e. The number of amidine groups is 1. The van der Waals surface area contributed by atoms with E-state index in [2.05, 4.69) is 25.6 Å². The van der Waals surface area contributed by atoms with E-state index in [0.29, 0.717) is 42.6 Å². The van der Waals surface area contributed by atoms with Crippen molar-refractivity contribution in [2.24, 2.45) is 4.99 Å². The molecule has 6 rings (SSSR count). The zero-order valence-electron chi connectivity index (χ0n) is 22.4. The molecule has 4 amide bonds. The molecule has 1 atom stereocenters. The largest absolute Gasteiger partial charge is 0.350 e. The molecule has 2 aromatic rings. The summed E-state index contributed by atoms with van der Waals surface area (Å²) in [6.45, 7) is 1.66. The highest BCUT2D eigenvalue weighted by atomic mass is 19.1. The van der Waals surface area contributed by atoms with Gasteiger partial charge in [0.1, 0.15) is 17.5 Å². The summed E-state index contributed by atoms with van der Waals surface area (Å²) in [5.41, 5.74) is -0.878. The van der Waals surface area contributed by atoms with Crippen LogP contribution in [0.15, 0.2) is 35.6 Å². The van der Waals surface area contributed by atoms with Crippen LogP contribution in [0, 0.1) is 12.7 Å². The van der Waals surface area contributed by atoms with Gasteiger partial charge in [0.2, 0.25) is 0 Å². The summed E-state index contributed by atoms with van der Waals surface area (Å²) < 4.78 is 13.6. The predicted octanol–water partition coefficient (Wildman–Crippen LogP) is 0.121. The van der Waals surface area contributed by atoms with Crippen molar-refractivity contribution in [1.29, 1.82) is 0 Å². The van der Waals surface area contributed by atoms with Gasteiger partial charge in [0.05, 0.1) is 5.54 Å². The number of Topliss-reactive ketones (excluding diaryl/α,β-unsaturated/α-hetero) is 1. The van der Waals surface area contributed by atoms with Crippen molar-refractivity contribution in [3.63, 3.8) is 0 Å². The molecule has 12 nitrogen and oxygen atoms in total. The molecule has 4 aliphatic rings. The number of aromatic nitrogens is 2. The van der Waals surface area contributed by atoms with Crippen molar-refractivity contribution >= 4 is 35.2 Å². The van der Waals surface area contributed by atoms with Gasteiger partial charge in [-0.25, -0.2) is 14.4 Å². The number of imidazole rings is 1. The first kappa shape index (κ1) is 27.2. The number of rotatable bonds is 5. The molecule has 210 valence electrons. The number of aliphatic imine (C=N–C) groups is 1. The average Bonchev–Trinajstić information content (AvgIpc) is 3.40. The number of benzene rings is 1. The third-order valence-corrected chi connectivity index (χ3v) is 8.05. The molecular weight excluding hydrogens is 521 g/mol. The topological polar surface area (TPSA) is 157 Å².